The highest BCUT2D eigenvalue weighted by atomic mass is 35.5. The SMILES string of the molecule is Cc1ccc(NC(=O)[C@@H]2[C@H]3C=C[C@@]4(O3)[C@H]2C(=O)N(Cc2ccc(F)cc2)[C@@H]4C(=O)NC2CCCCC2)cc1Cl. The van der Waals surface area contributed by atoms with E-state index in [0.29, 0.717) is 16.3 Å². The Morgan fingerprint density at radius 2 is 1.85 bits per heavy atom. The number of carbonyl (C=O) groups excluding carboxylic acids is 3. The van der Waals surface area contributed by atoms with Crippen molar-refractivity contribution < 1.29 is 23.5 Å². The average Bonchev–Trinajstić information content (AvgIpc) is 3.56. The number of nitrogens with zero attached hydrogens (tertiary/aromatic N) is 1. The lowest BCUT2D eigenvalue weighted by molar-refractivity contribution is -0.142. The molecule has 3 amide bonds. The highest BCUT2D eigenvalue weighted by Crippen LogP contribution is 2.55. The molecule has 1 saturated carbocycles. The van der Waals surface area contributed by atoms with Gasteiger partial charge in [-0.3, -0.25) is 14.4 Å². The molecule has 0 unspecified atom stereocenters. The highest BCUT2D eigenvalue weighted by Gasteiger charge is 2.72. The van der Waals surface area contributed by atoms with Gasteiger partial charge in [0.1, 0.15) is 17.5 Å². The summed E-state index contributed by atoms with van der Waals surface area (Å²) in [5.41, 5.74) is 0.837. The van der Waals surface area contributed by atoms with Gasteiger partial charge in [0.15, 0.2) is 0 Å². The van der Waals surface area contributed by atoms with Crippen LogP contribution < -0.4 is 10.6 Å². The lowest BCUT2D eigenvalue weighted by Crippen LogP contribution is -2.56. The molecule has 2 saturated heterocycles. The Labute approximate surface area is 231 Å². The lowest BCUT2D eigenvalue weighted by atomic mass is 9.74. The molecule has 4 aliphatic rings. The summed E-state index contributed by atoms with van der Waals surface area (Å²) in [5, 5.41) is 6.59. The third kappa shape index (κ3) is 4.53. The summed E-state index contributed by atoms with van der Waals surface area (Å²) in [6, 6.07) is 10.2. The minimum absolute atomic E-state index is 0.0393. The van der Waals surface area contributed by atoms with Crippen molar-refractivity contribution in [3.63, 3.8) is 0 Å². The normalized spacial score (nSPS) is 29.5. The smallest absolute Gasteiger partial charge is 0.246 e. The Balaban J connectivity index is 1.32. The number of hydrogen-bond acceptors (Lipinski definition) is 4. The van der Waals surface area contributed by atoms with E-state index in [4.69, 9.17) is 16.3 Å². The lowest BCUT2D eigenvalue weighted by Gasteiger charge is -2.34. The largest absolute Gasteiger partial charge is 0.359 e. The second-order valence-corrected chi connectivity index (χ2v) is 11.5. The van der Waals surface area contributed by atoms with Crippen molar-refractivity contribution in [3.8, 4) is 0 Å². The van der Waals surface area contributed by atoms with Gasteiger partial charge in [0.25, 0.3) is 0 Å². The summed E-state index contributed by atoms with van der Waals surface area (Å²) in [5.74, 6) is -3.03. The van der Waals surface area contributed by atoms with Gasteiger partial charge in [-0.25, -0.2) is 4.39 Å². The summed E-state index contributed by atoms with van der Waals surface area (Å²) in [6.45, 7) is 1.97. The van der Waals surface area contributed by atoms with E-state index in [9.17, 15) is 18.8 Å². The molecule has 1 spiro atoms. The van der Waals surface area contributed by atoms with E-state index in [1.807, 2.05) is 13.0 Å². The van der Waals surface area contributed by atoms with Crippen molar-refractivity contribution in [2.45, 2.75) is 69.4 Å². The molecule has 39 heavy (non-hydrogen) atoms. The fourth-order valence-electron chi connectivity index (χ4n) is 6.65. The van der Waals surface area contributed by atoms with Gasteiger partial charge in [-0.05, 0) is 55.2 Å². The summed E-state index contributed by atoms with van der Waals surface area (Å²) < 4.78 is 20.0. The zero-order valence-electron chi connectivity index (χ0n) is 21.7. The number of nitrogens with one attached hydrogen (secondary N) is 2. The topological polar surface area (TPSA) is 87.7 Å². The molecule has 2 bridgehead atoms. The number of aryl methyl sites for hydroxylation is 1. The zero-order valence-corrected chi connectivity index (χ0v) is 22.4. The first kappa shape index (κ1) is 26.0. The van der Waals surface area contributed by atoms with Crippen molar-refractivity contribution in [3.05, 3.63) is 76.6 Å². The maximum atomic E-state index is 14.1. The van der Waals surface area contributed by atoms with Gasteiger partial charge in [-0.2, -0.15) is 0 Å². The van der Waals surface area contributed by atoms with Crippen molar-refractivity contribution in [2.75, 3.05) is 5.32 Å². The number of amides is 3. The van der Waals surface area contributed by atoms with Crippen LogP contribution in [-0.2, 0) is 25.7 Å². The van der Waals surface area contributed by atoms with E-state index in [1.54, 1.807) is 36.4 Å². The number of rotatable bonds is 6. The third-order valence-corrected chi connectivity index (χ3v) is 8.99. The van der Waals surface area contributed by atoms with Crippen LogP contribution in [0.5, 0.6) is 0 Å². The van der Waals surface area contributed by atoms with Crippen LogP contribution in [0.4, 0.5) is 10.1 Å². The zero-order chi connectivity index (χ0) is 27.3. The van der Waals surface area contributed by atoms with E-state index in [1.165, 1.54) is 17.0 Å². The fraction of sp³-hybridized carbons (Fsp3) is 0.433. The van der Waals surface area contributed by atoms with Crippen LogP contribution in [0, 0.1) is 24.6 Å². The minimum atomic E-state index is -1.26. The number of anilines is 1. The van der Waals surface area contributed by atoms with Crippen LogP contribution in [0.1, 0.15) is 43.2 Å². The first-order chi connectivity index (χ1) is 18.8. The molecule has 3 heterocycles. The number of fused-ring (bicyclic) bond motifs is 1. The van der Waals surface area contributed by atoms with Crippen LogP contribution in [0.3, 0.4) is 0 Å². The van der Waals surface area contributed by atoms with E-state index < -0.39 is 29.6 Å². The maximum Gasteiger partial charge on any atom is 0.246 e. The van der Waals surface area contributed by atoms with Crippen LogP contribution in [0.25, 0.3) is 0 Å². The highest BCUT2D eigenvalue weighted by molar-refractivity contribution is 6.31. The van der Waals surface area contributed by atoms with Gasteiger partial charge in [0.05, 0.1) is 17.9 Å². The summed E-state index contributed by atoms with van der Waals surface area (Å²) in [6.07, 6.45) is 7.98. The van der Waals surface area contributed by atoms with Gasteiger partial charge in [0.2, 0.25) is 17.7 Å². The van der Waals surface area contributed by atoms with Crippen molar-refractivity contribution >= 4 is 35.0 Å². The molecule has 2 N–H and O–H groups in total. The molecule has 3 aliphatic heterocycles. The Kier molecular flexibility index (Phi) is 6.71. The van der Waals surface area contributed by atoms with E-state index >= 15 is 0 Å². The summed E-state index contributed by atoms with van der Waals surface area (Å²) in [4.78, 5) is 43.1. The summed E-state index contributed by atoms with van der Waals surface area (Å²) >= 11 is 6.26. The number of hydrogen-bond donors (Lipinski definition) is 2. The van der Waals surface area contributed by atoms with Crippen molar-refractivity contribution in [2.24, 2.45) is 11.8 Å². The average molecular weight is 552 g/mol. The molecular weight excluding hydrogens is 521 g/mol. The predicted molar refractivity (Wildman–Crippen MR) is 144 cm³/mol. The van der Waals surface area contributed by atoms with Gasteiger partial charge in [-0.15, -0.1) is 0 Å². The Morgan fingerprint density at radius 3 is 2.56 bits per heavy atom. The molecule has 0 aromatic heterocycles. The Morgan fingerprint density at radius 1 is 1.10 bits per heavy atom. The van der Waals surface area contributed by atoms with Crippen molar-refractivity contribution in [1.29, 1.82) is 0 Å². The number of benzene rings is 2. The molecule has 2 aromatic carbocycles. The van der Waals surface area contributed by atoms with Crippen LogP contribution in [0.2, 0.25) is 5.02 Å². The van der Waals surface area contributed by atoms with Crippen molar-refractivity contribution in [1.82, 2.24) is 10.2 Å². The molecule has 1 aliphatic carbocycles. The predicted octanol–water partition coefficient (Wildman–Crippen LogP) is 4.53. The second-order valence-electron chi connectivity index (χ2n) is 11.1. The van der Waals surface area contributed by atoms with Gasteiger partial charge >= 0.3 is 0 Å². The van der Waals surface area contributed by atoms with E-state index in [0.717, 1.165) is 37.7 Å². The number of ether oxygens (including phenoxy) is 1. The standard InChI is InChI=1S/C30H31ClFN3O4/c1-17-7-12-21(15-22(17)31)34-27(36)24-23-13-14-30(39-23)25(24)29(38)35(16-18-8-10-19(32)11-9-18)26(30)28(37)33-20-5-3-2-4-6-20/h7-15,20,23-26H,2-6,16H2,1H3,(H,33,37)(H,34,36)/t23-,24-,25-,26-,30-/m1/s1. The fourth-order valence-corrected chi connectivity index (χ4v) is 6.83. The number of carbonyl (C=O) groups is 3. The molecule has 0 radical (unpaired) electrons. The first-order valence-corrected chi connectivity index (χ1v) is 13.9. The van der Waals surface area contributed by atoms with E-state index in [-0.39, 0.29) is 36.1 Å². The third-order valence-electron chi connectivity index (χ3n) is 8.58. The van der Waals surface area contributed by atoms with Crippen LogP contribution in [0.15, 0.2) is 54.6 Å². The second kappa shape index (κ2) is 10.1. The first-order valence-electron chi connectivity index (χ1n) is 13.6. The minimum Gasteiger partial charge on any atom is -0.359 e. The molecule has 5 atom stereocenters. The monoisotopic (exact) mass is 551 g/mol. The molecule has 6 rings (SSSR count). The maximum absolute atomic E-state index is 14.1. The molecule has 7 nitrogen and oxygen atoms in total. The Hall–Kier alpha value is -3.23. The van der Waals surface area contributed by atoms with Crippen LogP contribution in [-0.4, -0.2) is 46.4 Å². The van der Waals surface area contributed by atoms with Gasteiger partial charge < -0.3 is 20.3 Å². The number of halogens is 2. The molecule has 9 heteroatoms. The number of likely N-dealkylation sites (tertiary alicyclic amines) is 1. The quantitative estimate of drug-likeness (QED) is 0.517. The molecular formula is C30H31ClFN3O4. The Bertz CT molecular complexity index is 1340. The van der Waals surface area contributed by atoms with E-state index in [2.05, 4.69) is 10.6 Å². The summed E-state index contributed by atoms with van der Waals surface area (Å²) in [7, 11) is 0. The van der Waals surface area contributed by atoms with Gasteiger partial charge in [-0.1, -0.05) is 61.2 Å². The molecule has 2 aromatic rings. The molecule has 204 valence electrons. The van der Waals surface area contributed by atoms with Crippen LogP contribution >= 0.6 is 11.6 Å². The van der Waals surface area contributed by atoms with Gasteiger partial charge in [0, 0.05) is 23.3 Å². The molecule has 3 fully saturated rings.